The van der Waals surface area contributed by atoms with Crippen LogP contribution in [0, 0.1) is 6.92 Å². The summed E-state index contributed by atoms with van der Waals surface area (Å²) in [6.45, 7) is 8.67. The smallest absolute Gasteiger partial charge is 0.335 e. The third kappa shape index (κ3) is 6.87. The van der Waals surface area contributed by atoms with Gasteiger partial charge in [0.1, 0.15) is 12.4 Å². The molecule has 8 nitrogen and oxygen atoms in total. The molecule has 0 bridgehead atoms. The molecular weight excluding hydrogens is 613 g/mol. The number of nitrogens with zero attached hydrogens (tertiary/aromatic N) is 3. The third-order valence-corrected chi connectivity index (χ3v) is 7.73. The first-order chi connectivity index (χ1) is 21.6. The summed E-state index contributed by atoms with van der Waals surface area (Å²) in [5.41, 5.74) is 4.20. The lowest BCUT2D eigenvalue weighted by atomic mass is 9.96. The van der Waals surface area contributed by atoms with Crippen LogP contribution in [0.25, 0.3) is 22.3 Å². The molecule has 1 N–H and O–H groups in total. The summed E-state index contributed by atoms with van der Waals surface area (Å²) >= 11 is 13.1. The maximum Gasteiger partial charge on any atom is 0.335 e. The van der Waals surface area contributed by atoms with E-state index in [9.17, 15) is 14.7 Å². The van der Waals surface area contributed by atoms with E-state index >= 15 is 0 Å². The number of aryl methyl sites for hydroxylation is 1. The first-order valence-corrected chi connectivity index (χ1v) is 15.1. The van der Waals surface area contributed by atoms with Gasteiger partial charge in [-0.15, -0.1) is 0 Å². The Bertz CT molecular complexity index is 1980. The van der Waals surface area contributed by atoms with Gasteiger partial charge in [-0.1, -0.05) is 61.3 Å². The second-order valence-electron chi connectivity index (χ2n) is 10.7. The number of carboxylic acid groups (broad SMARTS) is 1. The molecule has 0 saturated heterocycles. The van der Waals surface area contributed by atoms with Crippen LogP contribution in [0.3, 0.4) is 0 Å². The van der Waals surface area contributed by atoms with Crippen LogP contribution < -0.4 is 15.0 Å². The molecular formula is C35H31Cl2N3O5. The number of carbonyl (C=O) groups is 1. The molecule has 1 heterocycles. The molecule has 1 aromatic heterocycles. The Morgan fingerprint density at radius 1 is 1.02 bits per heavy atom. The molecule has 0 amide bonds. The molecule has 0 fully saturated rings. The molecule has 0 aliphatic heterocycles. The number of carboxylic acids is 1. The lowest BCUT2D eigenvalue weighted by Gasteiger charge is -2.18. The molecule has 0 radical (unpaired) electrons. The van der Waals surface area contributed by atoms with Crippen molar-refractivity contribution in [3.05, 3.63) is 121 Å². The van der Waals surface area contributed by atoms with Crippen molar-refractivity contribution in [1.29, 1.82) is 0 Å². The van der Waals surface area contributed by atoms with Gasteiger partial charge in [0.15, 0.2) is 11.6 Å². The van der Waals surface area contributed by atoms with E-state index in [2.05, 4.69) is 18.9 Å². The topological polar surface area (TPSA) is 103 Å². The highest BCUT2D eigenvalue weighted by molar-refractivity contribution is 6.37. The molecule has 0 aliphatic carbocycles. The van der Waals surface area contributed by atoms with Crippen molar-refractivity contribution >= 4 is 46.3 Å². The third-order valence-electron chi connectivity index (χ3n) is 7.17. The number of fused-ring (bicyclic) bond motifs is 1. The molecule has 0 spiro atoms. The fourth-order valence-corrected chi connectivity index (χ4v) is 5.55. The van der Waals surface area contributed by atoms with Gasteiger partial charge in [-0.25, -0.2) is 9.78 Å². The van der Waals surface area contributed by atoms with Gasteiger partial charge in [0.05, 0.1) is 39.3 Å². The monoisotopic (exact) mass is 643 g/mol. The molecule has 230 valence electrons. The van der Waals surface area contributed by atoms with Crippen LogP contribution in [0.4, 0.5) is 0 Å². The van der Waals surface area contributed by atoms with Crippen LogP contribution >= 0.6 is 23.2 Å². The van der Waals surface area contributed by atoms with Gasteiger partial charge in [0.2, 0.25) is 0 Å². The van der Waals surface area contributed by atoms with Crippen LogP contribution in [0.15, 0.2) is 82.7 Å². The number of hydrogen-bond donors (Lipinski definition) is 1. The van der Waals surface area contributed by atoms with Gasteiger partial charge in [0.25, 0.3) is 5.56 Å². The zero-order valence-corrected chi connectivity index (χ0v) is 26.7. The predicted octanol–water partition coefficient (Wildman–Crippen LogP) is 8.36. The first-order valence-electron chi connectivity index (χ1n) is 14.3. The summed E-state index contributed by atoms with van der Waals surface area (Å²) in [6.07, 6.45) is 1.49. The van der Waals surface area contributed by atoms with E-state index in [1.165, 1.54) is 23.0 Å². The molecule has 10 heteroatoms. The maximum atomic E-state index is 13.8. The van der Waals surface area contributed by atoms with Gasteiger partial charge in [-0.05, 0) is 90.6 Å². The van der Waals surface area contributed by atoms with E-state index in [1.54, 1.807) is 42.5 Å². The molecule has 0 unspecified atom stereocenters. The summed E-state index contributed by atoms with van der Waals surface area (Å²) in [4.78, 5) is 30.0. The van der Waals surface area contributed by atoms with Crippen LogP contribution in [0.5, 0.6) is 11.5 Å². The Balaban J connectivity index is 1.54. The second-order valence-corrected chi connectivity index (χ2v) is 11.5. The minimum absolute atomic E-state index is 0.0648. The van der Waals surface area contributed by atoms with E-state index in [0.717, 1.165) is 22.4 Å². The Morgan fingerprint density at radius 3 is 2.44 bits per heavy atom. The van der Waals surface area contributed by atoms with Crippen molar-refractivity contribution in [2.75, 3.05) is 6.61 Å². The summed E-state index contributed by atoms with van der Waals surface area (Å²) < 4.78 is 13.0. The molecule has 0 saturated carbocycles. The Hall–Kier alpha value is -4.66. The Kier molecular flexibility index (Phi) is 9.56. The minimum Gasteiger partial charge on any atom is -0.494 e. The van der Waals surface area contributed by atoms with E-state index in [1.807, 2.05) is 32.0 Å². The Morgan fingerprint density at radius 2 is 1.76 bits per heavy atom. The Labute approximate surface area is 270 Å². The molecule has 4 aromatic carbocycles. The normalized spacial score (nSPS) is 11.4. The lowest BCUT2D eigenvalue weighted by Crippen LogP contribution is -2.21. The highest BCUT2D eigenvalue weighted by Gasteiger charge is 2.19. The minimum atomic E-state index is -1.03. The summed E-state index contributed by atoms with van der Waals surface area (Å²) in [5.74, 6) is 0.568. The fraction of sp³-hybridized carbons (Fsp3) is 0.200. The van der Waals surface area contributed by atoms with Crippen molar-refractivity contribution in [2.24, 2.45) is 5.10 Å². The van der Waals surface area contributed by atoms with Gasteiger partial charge < -0.3 is 14.6 Å². The van der Waals surface area contributed by atoms with Gasteiger partial charge in [-0.2, -0.15) is 9.78 Å². The molecule has 45 heavy (non-hydrogen) atoms. The second kappa shape index (κ2) is 13.5. The van der Waals surface area contributed by atoms with Crippen LogP contribution in [-0.4, -0.2) is 33.6 Å². The summed E-state index contributed by atoms with van der Waals surface area (Å²) in [6, 6.07) is 20.8. The lowest BCUT2D eigenvalue weighted by molar-refractivity contribution is 0.0696. The van der Waals surface area contributed by atoms with E-state index in [0.29, 0.717) is 34.5 Å². The number of halogens is 2. The predicted molar refractivity (Wildman–Crippen MR) is 179 cm³/mol. The zero-order chi connectivity index (χ0) is 32.2. The van der Waals surface area contributed by atoms with Gasteiger partial charge >= 0.3 is 5.97 Å². The SMILES string of the molecule is CCOc1cc(C)c(-c2nc3ccccc3c(=O)n2N=Cc2cc(Cl)c(OCc3cccc(C(=O)O)c3)c(Cl)c2)cc1C(C)C. The van der Waals surface area contributed by atoms with E-state index in [-0.39, 0.29) is 39.4 Å². The van der Waals surface area contributed by atoms with Crippen molar-refractivity contribution < 1.29 is 19.4 Å². The van der Waals surface area contributed by atoms with Crippen LogP contribution in [0.1, 0.15) is 59.3 Å². The van der Waals surface area contributed by atoms with Crippen molar-refractivity contribution in [3.8, 4) is 22.9 Å². The van der Waals surface area contributed by atoms with Crippen LogP contribution in [-0.2, 0) is 6.61 Å². The summed E-state index contributed by atoms with van der Waals surface area (Å²) in [5, 5.41) is 14.7. The molecule has 0 aliphatic rings. The fourth-order valence-electron chi connectivity index (χ4n) is 4.94. The average Bonchev–Trinajstić information content (AvgIpc) is 3.00. The number of aromatic carboxylic acids is 1. The highest BCUT2D eigenvalue weighted by Crippen LogP contribution is 2.36. The van der Waals surface area contributed by atoms with Gasteiger partial charge in [0, 0.05) is 5.56 Å². The molecule has 0 atom stereocenters. The van der Waals surface area contributed by atoms with Gasteiger partial charge in [-0.3, -0.25) is 4.79 Å². The first kappa shape index (κ1) is 31.8. The largest absolute Gasteiger partial charge is 0.494 e. The zero-order valence-electron chi connectivity index (χ0n) is 25.2. The molecule has 5 aromatic rings. The quantitative estimate of drug-likeness (QED) is 0.153. The number of ether oxygens (including phenoxy) is 2. The summed E-state index contributed by atoms with van der Waals surface area (Å²) in [7, 11) is 0. The van der Waals surface area contributed by atoms with E-state index in [4.69, 9.17) is 37.7 Å². The highest BCUT2D eigenvalue weighted by atomic mass is 35.5. The van der Waals surface area contributed by atoms with Crippen molar-refractivity contribution in [3.63, 3.8) is 0 Å². The number of para-hydroxylation sites is 1. The number of aromatic nitrogens is 2. The number of benzene rings is 4. The van der Waals surface area contributed by atoms with E-state index < -0.39 is 5.97 Å². The average molecular weight is 645 g/mol. The van der Waals surface area contributed by atoms with Crippen molar-refractivity contribution in [1.82, 2.24) is 9.66 Å². The number of rotatable bonds is 10. The molecule has 5 rings (SSSR count). The van der Waals surface area contributed by atoms with Crippen molar-refractivity contribution in [2.45, 2.75) is 40.2 Å². The van der Waals surface area contributed by atoms with Crippen LogP contribution in [0.2, 0.25) is 10.0 Å². The maximum absolute atomic E-state index is 13.8. The standard InChI is InChI=1S/C35H31Cl2N3O5/c1-5-44-31-13-21(4)27(17-26(31)20(2)3)33-39-30-12-7-6-11-25(30)34(41)40(33)38-18-23-15-28(36)32(29(37)16-23)45-19-22-9-8-10-24(14-22)35(42)43/h6-18,20H,5,19H2,1-4H3,(H,42,43). The number of hydrogen-bond acceptors (Lipinski definition) is 6.